The lowest BCUT2D eigenvalue weighted by atomic mass is 10.7. The minimum Gasteiger partial charge on any atom is -0.370 e. The van der Waals surface area contributed by atoms with Crippen LogP contribution in [0.25, 0.3) is 0 Å². The third-order valence-electron chi connectivity index (χ3n) is 1.01. The van der Waals surface area contributed by atoms with Gasteiger partial charge in [-0.05, 0) is 0 Å². The number of carbonyl (C=O) groups is 1. The molecule has 0 aromatic heterocycles. The normalized spacial score (nSPS) is 10.8. The number of nitrogens with one attached hydrogen (secondary N) is 1. The van der Waals surface area contributed by atoms with E-state index in [1.165, 1.54) is 0 Å². The number of carbonyl (C=O) groups excluding carboxylic acids is 1. The summed E-state index contributed by atoms with van der Waals surface area (Å²) in [5.74, 6) is -0.372. The quantitative estimate of drug-likeness (QED) is 0.162. The minimum atomic E-state index is -4.15. The van der Waals surface area contributed by atoms with Crippen LogP contribution in [0, 0.1) is 0 Å². The summed E-state index contributed by atoms with van der Waals surface area (Å²) in [5.41, 5.74) is 9.83. The highest BCUT2D eigenvalue weighted by molar-refractivity contribution is 7.51. The number of ether oxygens (including phenoxy) is 1. The van der Waals surface area contributed by atoms with E-state index in [-0.39, 0.29) is 19.1 Å². The molecule has 0 radical (unpaired) electrons. The summed E-state index contributed by atoms with van der Waals surface area (Å²) in [7, 11) is -4.15. The highest BCUT2D eigenvalue weighted by Gasteiger charge is 2.11. The predicted octanol–water partition coefficient (Wildman–Crippen LogP) is -1.88. The molecule has 0 heterocycles. The maximum Gasteiger partial charge on any atom is 0.350 e. The highest BCUT2D eigenvalue weighted by Crippen LogP contribution is 2.33. The zero-order valence-corrected chi connectivity index (χ0v) is 8.68. The Morgan fingerprint density at radius 2 is 2.07 bits per heavy atom. The van der Waals surface area contributed by atoms with Crippen LogP contribution in [0.5, 0.6) is 0 Å². The van der Waals surface area contributed by atoms with Gasteiger partial charge in [0, 0.05) is 6.54 Å². The van der Waals surface area contributed by atoms with E-state index in [9.17, 15) is 9.36 Å². The van der Waals surface area contributed by atoms with Crippen molar-refractivity contribution in [1.82, 2.24) is 5.32 Å². The van der Waals surface area contributed by atoms with Crippen LogP contribution in [-0.4, -0.2) is 41.3 Å². The van der Waals surface area contributed by atoms with Crippen molar-refractivity contribution >= 4 is 19.6 Å². The van der Waals surface area contributed by atoms with E-state index < -0.39 is 20.0 Å². The largest absolute Gasteiger partial charge is 0.370 e. The first-order valence-electron chi connectivity index (χ1n) is 3.81. The van der Waals surface area contributed by atoms with E-state index in [0.717, 1.165) is 0 Å². The van der Waals surface area contributed by atoms with Gasteiger partial charge in [-0.3, -0.25) is 4.57 Å². The molecule has 0 atom stereocenters. The van der Waals surface area contributed by atoms with Crippen molar-refractivity contribution in [3.8, 4) is 0 Å². The van der Waals surface area contributed by atoms with Crippen molar-refractivity contribution in [3.63, 3.8) is 0 Å². The molecule has 15 heavy (non-hydrogen) atoms. The summed E-state index contributed by atoms with van der Waals surface area (Å²) in [4.78, 5) is 30.7. The van der Waals surface area contributed by atoms with Gasteiger partial charge in [0.1, 0.15) is 6.35 Å². The Hall–Kier alpha value is -1.15. The number of nitrogens with two attached hydrogens (primary N) is 2. The molecule has 0 rings (SSSR count). The monoisotopic (exact) mass is 240 g/mol. The lowest BCUT2D eigenvalue weighted by Crippen LogP contribution is -2.30. The summed E-state index contributed by atoms with van der Waals surface area (Å²) in [5, 5.41) is 2.24. The topological polar surface area (TPSA) is 160 Å². The minimum absolute atomic E-state index is 0.0448. The van der Waals surface area contributed by atoms with E-state index in [4.69, 9.17) is 21.3 Å². The predicted molar refractivity (Wildman–Crippen MR) is 52.1 cm³/mol. The summed E-state index contributed by atoms with van der Waals surface area (Å²) in [6.45, 7) is 0.00641. The molecule has 0 aliphatic heterocycles. The van der Waals surface area contributed by atoms with Crippen molar-refractivity contribution < 1.29 is 23.9 Å². The number of urea groups is 1. The van der Waals surface area contributed by atoms with Crippen molar-refractivity contribution in [2.75, 3.05) is 19.5 Å². The maximum absolute atomic E-state index is 10.7. The number of guanidine groups is 1. The summed E-state index contributed by atoms with van der Waals surface area (Å²) >= 11 is 0. The van der Waals surface area contributed by atoms with E-state index in [0.29, 0.717) is 0 Å². The van der Waals surface area contributed by atoms with Crippen LogP contribution in [0.3, 0.4) is 0 Å². The zero-order chi connectivity index (χ0) is 11.9. The van der Waals surface area contributed by atoms with E-state index in [2.05, 4.69) is 15.0 Å². The van der Waals surface area contributed by atoms with Crippen molar-refractivity contribution in [3.05, 3.63) is 0 Å². The first kappa shape index (κ1) is 13.8. The third-order valence-corrected chi connectivity index (χ3v) is 1.53. The average molecular weight is 240 g/mol. The number of amides is 2. The molecule has 0 fully saturated rings. The molecule has 0 saturated carbocycles. The van der Waals surface area contributed by atoms with E-state index in [1.54, 1.807) is 0 Å². The van der Waals surface area contributed by atoms with Gasteiger partial charge in [0.15, 0.2) is 5.96 Å². The van der Waals surface area contributed by atoms with Crippen LogP contribution in [0.1, 0.15) is 0 Å². The Bertz CT molecular complexity index is 283. The average Bonchev–Trinajstić information content (AvgIpc) is 1.99. The molecule has 0 aromatic rings. The van der Waals surface area contributed by atoms with Gasteiger partial charge in [0.25, 0.3) is 0 Å². The second kappa shape index (κ2) is 6.36. The zero-order valence-electron chi connectivity index (χ0n) is 7.79. The molecule has 9 nitrogen and oxygen atoms in total. The van der Waals surface area contributed by atoms with Gasteiger partial charge in [0.2, 0.25) is 0 Å². The van der Waals surface area contributed by atoms with Gasteiger partial charge in [-0.1, -0.05) is 0 Å². The van der Waals surface area contributed by atoms with Crippen LogP contribution in [-0.2, 0) is 9.30 Å². The molecule has 88 valence electrons. The Balaban J connectivity index is 3.52. The Morgan fingerprint density at radius 1 is 1.47 bits per heavy atom. The molecular formula is C5H13N4O5P. The third kappa shape index (κ3) is 10.8. The number of nitrogens with zero attached hydrogens (tertiary/aromatic N) is 1. The Labute approximate surface area is 85.7 Å². The van der Waals surface area contributed by atoms with Gasteiger partial charge in [-0.25, -0.2) is 4.79 Å². The van der Waals surface area contributed by atoms with Crippen LogP contribution in [0.4, 0.5) is 4.79 Å². The van der Waals surface area contributed by atoms with Gasteiger partial charge >= 0.3 is 13.6 Å². The van der Waals surface area contributed by atoms with Crippen LogP contribution in [0.2, 0.25) is 0 Å². The van der Waals surface area contributed by atoms with Crippen molar-refractivity contribution in [2.24, 2.45) is 16.5 Å². The number of hydrogen-bond donors (Lipinski definition) is 5. The molecule has 0 unspecified atom stereocenters. The smallest absolute Gasteiger partial charge is 0.350 e. The summed E-state index contributed by atoms with van der Waals surface area (Å²) in [6, 6.07) is -0.741. The Morgan fingerprint density at radius 3 is 2.53 bits per heavy atom. The molecule has 0 aromatic carbocycles. The molecule has 2 amide bonds. The van der Waals surface area contributed by atoms with E-state index in [1.807, 2.05) is 0 Å². The standard InChI is InChI=1S/C5H13N4O5P/c6-4(7)9-5(10)8-1-2-14-3-15(11,12)13/h1-3H2,(H2,11,12,13)(H5,6,7,8,9,10). The number of rotatable bonds is 5. The van der Waals surface area contributed by atoms with Crippen LogP contribution < -0.4 is 16.8 Å². The number of aliphatic imine (C=N–C) groups is 1. The first-order chi connectivity index (χ1) is 6.81. The highest BCUT2D eigenvalue weighted by atomic mass is 31.2. The number of hydrogen-bond acceptors (Lipinski definition) is 3. The van der Waals surface area contributed by atoms with Crippen LogP contribution >= 0.6 is 7.60 Å². The fourth-order valence-electron chi connectivity index (χ4n) is 0.570. The molecular weight excluding hydrogens is 227 g/mol. The maximum atomic E-state index is 10.7. The van der Waals surface area contributed by atoms with Gasteiger partial charge in [0.05, 0.1) is 6.61 Å². The Kier molecular flexibility index (Phi) is 5.87. The molecule has 0 bridgehead atoms. The first-order valence-corrected chi connectivity index (χ1v) is 5.61. The van der Waals surface area contributed by atoms with Gasteiger partial charge in [-0.2, -0.15) is 4.99 Å². The fourth-order valence-corrected chi connectivity index (χ4v) is 0.937. The van der Waals surface area contributed by atoms with E-state index >= 15 is 0 Å². The second-order valence-electron chi connectivity index (χ2n) is 2.47. The van der Waals surface area contributed by atoms with Crippen molar-refractivity contribution in [2.45, 2.75) is 0 Å². The van der Waals surface area contributed by atoms with Gasteiger partial charge < -0.3 is 31.3 Å². The molecule has 0 spiro atoms. The fraction of sp³-hybridized carbons (Fsp3) is 0.600. The van der Waals surface area contributed by atoms with Crippen LogP contribution in [0.15, 0.2) is 4.99 Å². The molecule has 0 saturated heterocycles. The van der Waals surface area contributed by atoms with Crippen molar-refractivity contribution in [1.29, 1.82) is 0 Å². The summed E-state index contributed by atoms with van der Waals surface area (Å²) in [6.07, 6.45) is -0.689. The molecule has 0 aliphatic rings. The lowest BCUT2D eigenvalue weighted by Gasteiger charge is -2.05. The van der Waals surface area contributed by atoms with Gasteiger partial charge in [-0.15, -0.1) is 0 Å². The molecule has 10 heteroatoms. The lowest BCUT2D eigenvalue weighted by molar-refractivity contribution is 0.159. The molecule has 0 aliphatic carbocycles. The summed E-state index contributed by atoms with van der Waals surface area (Å²) < 4.78 is 14.9. The second-order valence-corrected chi connectivity index (χ2v) is 4.06. The molecule has 7 N–H and O–H groups in total. The SMILES string of the molecule is NC(N)=NC(=O)NCCOCP(=O)(O)O.